The quantitative estimate of drug-likeness (QED) is 0.214. The fourth-order valence-corrected chi connectivity index (χ4v) is 9.55. The Morgan fingerprint density at radius 1 is 0.560 bits per heavy atom. The molecule has 4 aliphatic heterocycles. The summed E-state index contributed by atoms with van der Waals surface area (Å²) in [5.74, 6) is 1.58. The predicted molar refractivity (Wildman–Crippen MR) is 187 cm³/mol. The lowest BCUT2D eigenvalue weighted by molar-refractivity contribution is -0.122. The number of amides is 2. The van der Waals surface area contributed by atoms with E-state index in [0.717, 1.165) is 24.0 Å². The van der Waals surface area contributed by atoms with E-state index >= 15 is 0 Å². The molecule has 10 rings (SSSR count). The van der Waals surface area contributed by atoms with Gasteiger partial charge >= 0.3 is 0 Å². The smallest absolute Gasteiger partial charge is 0.230 e. The zero-order chi connectivity index (χ0) is 34.3. The van der Waals surface area contributed by atoms with E-state index in [4.69, 9.17) is 55.9 Å². The van der Waals surface area contributed by atoms with Gasteiger partial charge < -0.3 is 20.1 Å². The second-order valence-corrected chi connectivity index (χ2v) is 15.6. The molecule has 4 aromatic rings. The van der Waals surface area contributed by atoms with Crippen molar-refractivity contribution in [3.8, 4) is 0 Å². The lowest BCUT2D eigenvalue weighted by Gasteiger charge is -2.26. The Bertz CT molecular complexity index is 1840. The van der Waals surface area contributed by atoms with Crippen LogP contribution >= 0.6 is 46.4 Å². The topological polar surface area (TPSA) is 128 Å². The third-order valence-electron chi connectivity index (χ3n) is 11.2. The van der Waals surface area contributed by atoms with Crippen LogP contribution in [0.2, 0.25) is 20.1 Å². The van der Waals surface area contributed by atoms with Gasteiger partial charge in [0.1, 0.15) is 12.7 Å². The van der Waals surface area contributed by atoms with Gasteiger partial charge in [-0.25, -0.2) is 19.9 Å². The van der Waals surface area contributed by atoms with Crippen molar-refractivity contribution in [2.45, 2.75) is 49.1 Å². The summed E-state index contributed by atoms with van der Waals surface area (Å²) in [7, 11) is 0. The summed E-state index contributed by atoms with van der Waals surface area (Å²) >= 11 is 24.0. The number of carbonyl (C=O) groups excluding carboxylic acids is 2. The molecule has 2 aromatic heterocycles. The molecule has 6 aliphatic rings. The van der Waals surface area contributed by atoms with Crippen LogP contribution in [0.5, 0.6) is 0 Å². The summed E-state index contributed by atoms with van der Waals surface area (Å²) in [6.45, 7) is 0. The van der Waals surface area contributed by atoms with Crippen molar-refractivity contribution in [2.24, 2.45) is 35.5 Å². The van der Waals surface area contributed by atoms with Crippen LogP contribution in [0.3, 0.4) is 0 Å². The summed E-state index contributed by atoms with van der Waals surface area (Å²) in [5.41, 5.74) is 3.21. The summed E-state index contributed by atoms with van der Waals surface area (Å²) in [5, 5.41) is 7.70. The lowest BCUT2D eigenvalue weighted by atomic mass is 9.75. The maximum Gasteiger partial charge on any atom is 0.230 e. The van der Waals surface area contributed by atoms with E-state index in [9.17, 15) is 9.59 Å². The SMILES string of the molecule is O=C(Nc1ccc(Cl)c(Cl)c1)[C@@H]1[C@@H]2O[C@@H]([C@H]3C[C@H]32)[C@@H]1c1cncnc1.O=C(Nc1ccc(Cl)c(Cl)c1)[C@H]1[C@H]2O[C@H]([C@@H]3C[C@@H]32)[C@H]1c1cncnc1. The van der Waals surface area contributed by atoms with Crippen LogP contribution in [-0.4, -0.2) is 56.2 Å². The zero-order valence-corrected chi connectivity index (χ0v) is 29.2. The fraction of sp³-hybridized carbons (Fsp3) is 0.389. The Kier molecular flexibility index (Phi) is 8.25. The number of nitrogens with one attached hydrogen (secondary N) is 2. The Morgan fingerprint density at radius 3 is 1.32 bits per heavy atom. The third-order valence-corrected chi connectivity index (χ3v) is 12.7. The van der Waals surface area contributed by atoms with Gasteiger partial charge in [-0.15, -0.1) is 0 Å². The van der Waals surface area contributed by atoms with E-state index in [1.54, 1.807) is 61.2 Å². The standard InChI is InChI=1S/2C18H15Cl2N3O2/c2*19-12-2-1-9(3-13(12)20)23-18(24)15-14(8-5-21-7-22-6-8)16-10-4-11(10)17(15)25-16/h2*1-3,5-7,10-11,14-17H,4H2,(H,23,24)/t2*10-,11+,14+,15-,16-,17+/m10/s1. The van der Waals surface area contributed by atoms with Crippen molar-refractivity contribution in [1.29, 1.82) is 0 Å². The molecule has 6 heterocycles. The summed E-state index contributed by atoms with van der Waals surface area (Å²) in [4.78, 5) is 42.6. The average molecular weight is 752 g/mol. The van der Waals surface area contributed by atoms with Crippen molar-refractivity contribution in [1.82, 2.24) is 19.9 Å². The van der Waals surface area contributed by atoms with E-state index in [1.807, 2.05) is 0 Å². The first-order chi connectivity index (χ1) is 24.3. The first-order valence-electron chi connectivity index (χ1n) is 16.6. The molecule has 2 aliphatic carbocycles. The molecule has 50 heavy (non-hydrogen) atoms. The van der Waals surface area contributed by atoms with E-state index in [0.29, 0.717) is 55.1 Å². The van der Waals surface area contributed by atoms with E-state index in [2.05, 4.69) is 30.6 Å². The normalized spacial score (nSPS) is 34.6. The van der Waals surface area contributed by atoms with Crippen LogP contribution in [0.4, 0.5) is 11.4 Å². The minimum atomic E-state index is -0.241. The fourth-order valence-electron chi connectivity index (χ4n) is 8.95. The molecule has 6 fully saturated rings. The highest BCUT2D eigenvalue weighted by Gasteiger charge is 2.69. The molecule has 0 radical (unpaired) electrons. The van der Waals surface area contributed by atoms with Crippen molar-refractivity contribution < 1.29 is 19.1 Å². The number of anilines is 2. The van der Waals surface area contributed by atoms with E-state index < -0.39 is 0 Å². The zero-order valence-electron chi connectivity index (χ0n) is 26.2. The number of hydrogen-bond acceptors (Lipinski definition) is 8. The number of ether oxygens (including phenoxy) is 2. The molecule has 14 heteroatoms. The molecular formula is C36H30Cl4N6O4. The van der Waals surface area contributed by atoms with Crippen molar-refractivity contribution in [3.63, 3.8) is 0 Å². The van der Waals surface area contributed by atoms with Crippen LogP contribution in [-0.2, 0) is 19.1 Å². The van der Waals surface area contributed by atoms with Crippen molar-refractivity contribution in [2.75, 3.05) is 10.6 Å². The molecule has 2 N–H and O–H groups in total. The molecule has 0 unspecified atom stereocenters. The number of nitrogens with zero attached hydrogens (tertiary/aromatic N) is 4. The Labute approximate surface area is 307 Å². The molecule has 4 saturated heterocycles. The van der Waals surface area contributed by atoms with Crippen LogP contribution in [0, 0.1) is 35.5 Å². The monoisotopic (exact) mass is 750 g/mol. The average Bonchev–Trinajstić information content (AvgIpc) is 3.96. The molecular weight excluding hydrogens is 722 g/mol. The molecule has 4 bridgehead atoms. The minimum Gasteiger partial charge on any atom is -0.373 e. The number of rotatable bonds is 6. The van der Waals surface area contributed by atoms with Crippen molar-refractivity contribution in [3.05, 3.63) is 105 Å². The maximum atomic E-state index is 13.0. The Morgan fingerprint density at radius 2 is 0.940 bits per heavy atom. The van der Waals surface area contributed by atoms with Gasteiger partial charge in [0.05, 0.1) is 56.3 Å². The van der Waals surface area contributed by atoms with Crippen LogP contribution in [0.1, 0.15) is 35.8 Å². The van der Waals surface area contributed by atoms with E-state index in [-0.39, 0.29) is 59.9 Å². The van der Waals surface area contributed by atoms with Gasteiger partial charge in [0.15, 0.2) is 0 Å². The van der Waals surface area contributed by atoms with E-state index in [1.165, 1.54) is 12.7 Å². The Hall–Kier alpha value is -3.38. The van der Waals surface area contributed by atoms with Gasteiger partial charge in [0, 0.05) is 48.0 Å². The van der Waals surface area contributed by atoms with Gasteiger partial charge in [-0.05, 0) is 84.0 Å². The van der Waals surface area contributed by atoms with Gasteiger partial charge in [0.25, 0.3) is 0 Å². The largest absolute Gasteiger partial charge is 0.373 e. The van der Waals surface area contributed by atoms with Crippen molar-refractivity contribution >= 4 is 69.6 Å². The van der Waals surface area contributed by atoms with Gasteiger partial charge in [0.2, 0.25) is 11.8 Å². The number of halogens is 4. The molecule has 10 nitrogen and oxygen atoms in total. The summed E-state index contributed by atoms with van der Waals surface area (Å²) in [6.07, 6.45) is 12.6. The van der Waals surface area contributed by atoms with Crippen LogP contribution < -0.4 is 10.6 Å². The third kappa shape index (κ3) is 5.65. The molecule has 0 spiro atoms. The predicted octanol–water partition coefficient (Wildman–Crippen LogP) is 7.08. The molecule has 2 amide bonds. The molecule has 256 valence electrons. The van der Waals surface area contributed by atoms with Gasteiger partial charge in [-0.3, -0.25) is 9.59 Å². The second kappa shape index (κ2) is 12.7. The number of hydrogen-bond donors (Lipinski definition) is 2. The van der Waals surface area contributed by atoms with Gasteiger partial charge in [-0.1, -0.05) is 46.4 Å². The second-order valence-electron chi connectivity index (χ2n) is 13.9. The highest BCUT2D eigenvalue weighted by atomic mass is 35.5. The highest BCUT2D eigenvalue weighted by Crippen LogP contribution is 2.66. The first-order valence-corrected chi connectivity index (χ1v) is 18.1. The summed E-state index contributed by atoms with van der Waals surface area (Å²) in [6, 6.07) is 10.2. The van der Waals surface area contributed by atoms with Crippen LogP contribution in [0.15, 0.2) is 73.8 Å². The lowest BCUT2D eigenvalue weighted by Crippen LogP contribution is -2.37. The van der Waals surface area contributed by atoms with Crippen LogP contribution in [0.25, 0.3) is 0 Å². The number of carbonyl (C=O) groups is 2. The molecule has 12 atom stereocenters. The van der Waals surface area contributed by atoms with Gasteiger partial charge in [-0.2, -0.15) is 0 Å². The first kappa shape index (κ1) is 32.5. The minimum absolute atomic E-state index is 0.00211. The number of fused-ring (bicyclic) bond motifs is 10. The maximum absolute atomic E-state index is 13.0. The number of aromatic nitrogens is 4. The highest BCUT2D eigenvalue weighted by molar-refractivity contribution is 6.42. The number of benzene rings is 2. The Balaban J connectivity index is 0.000000135. The summed E-state index contributed by atoms with van der Waals surface area (Å²) < 4.78 is 12.3. The molecule has 2 aromatic carbocycles. The molecule has 2 saturated carbocycles.